The fraction of sp³-hybridized carbons (Fsp3) is 0. The summed E-state index contributed by atoms with van der Waals surface area (Å²) in [6.45, 7) is 0. The van der Waals surface area contributed by atoms with Crippen LogP contribution in [-0.4, -0.2) is 14.5 Å². The van der Waals surface area contributed by atoms with E-state index in [9.17, 15) is 0 Å². The highest BCUT2D eigenvalue weighted by atomic mass is 32.1. The van der Waals surface area contributed by atoms with Gasteiger partial charge in [0.1, 0.15) is 16.8 Å². The minimum Gasteiger partial charge on any atom is -0.452 e. The number of furan rings is 1. The van der Waals surface area contributed by atoms with Gasteiger partial charge in [0.05, 0.1) is 15.7 Å². The van der Waals surface area contributed by atoms with Crippen molar-refractivity contribution in [3.05, 3.63) is 176 Å². The highest BCUT2D eigenvalue weighted by Crippen LogP contribution is 2.48. The second-order valence-electron chi connectivity index (χ2n) is 14.9. The van der Waals surface area contributed by atoms with Gasteiger partial charge in [0.2, 0.25) is 0 Å². The van der Waals surface area contributed by atoms with Crippen LogP contribution >= 0.6 is 11.3 Å². The molecule has 0 N–H and O–H groups in total. The molecule has 4 heterocycles. The second kappa shape index (κ2) is 11.6. The average Bonchev–Trinajstić information content (AvgIpc) is 3.96. The van der Waals surface area contributed by atoms with Crippen molar-refractivity contribution in [2.24, 2.45) is 0 Å². The van der Waals surface area contributed by atoms with Gasteiger partial charge in [-0.2, -0.15) is 0 Å². The van der Waals surface area contributed by atoms with Gasteiger partial charge in [0.15, 0.2) is 11.4 Å². The van der Waals surface area contributed by atoms with Crippen molar-refractivity contribution in [1.82, 2.24) is 14.5 Å². The van der Waals surface area contributed by atoms with Crippen LogP contribution in [0.5, 0.6) is 0 Å². The van der Waals surface area contributed by atoms with Crippen LogP contribution in [-0.2, 0) is 0 Å². The highest BCUT2D eigenvalue weighted by molar-refractivity contribution is 7.27. The van der Waals surface area contributed by atoms with Crippen LogP contribution in [0.3, 0.4) is 0 Å². The summed E-state index contributed by atoms with van der Waals surface area (Å²) in [6, 6.07) is 62.9. The molecule has 0 amide bonds. The summed E-state index contributed by atoms with van der Waals surface area (Å²) in [5.41, 5.74) is 8.53. The van der Waals surface area contributed by atoms with Gasteiger partial charge >= 0.3 is 0 Å². The molecule has 264 valence electrons. The molecule has 0 saturated carbocycles. The van der Waals surface area contributed by atoms with Crippen LogP contribution in [0.25, 0.3) is 125 Å². The number of nitrogens with zero attached hydrogens (tertiary/aromatic N) is 3. The van der Waals surface area contributed by atoms with E-state index in [-0.39, 0.29) is 0 Å². The summed E-state index contributed by atoms with van der Waals surface area (Å²) >= 11 is 1.88. The van der Waals surface area contributed by atoms with Gasteiger partial charge in [-0.3, -0.25) is 0 Å². The van der Waals surface area contributed by atoms with Crippen molar-refractivity contribution in [3.8, 4) is 28.3 Å². The van der Waals surface area contributed by atoms with Crippen LogP contribution in [0, 0.1) is 0 Å². The first-order valence-corrected chi connectivity index (χ1v) is 20.1. The van der Waals surface area contributed by atoms with Crippen molar-refractivity contribution >= 4 is 108 Å². The summed E-state index contributed by atoms with van der Waals surface area (Å²) in [7, 11) is 0. The molecule has 13 aromatic rings. The zero-order valence-electron chi connectivity index (χ0n) is 30.4. The number of hydrogen-bond donors (Lipinski definition) is 0. The number of aromatic nitrogens is 3. The SMILES string of the molecule is c1ccc2c(c1)ccc1cc(-c3nc(-c4ccc(-n5c6ccccc6c6c7ccccc7c7c8ccccc8sc7c65)cc4)c4oc5ccccc5c4n3)ccc12. The molecule has 0 aliphatic rings. The first-order valence-electron chi connectivity index (χ1n) is 19.2. The molecule has 13 rings (SSSR count). The van der Waals surface area contributed by atoms with E-state index in [4.69, 9.17) is 14.4 Å². The molecule has 0 unspecified atom stereocenters. The Kier molecular flexibility index (Phi) is 6.29. The molecule has 5 heteroatoms. The van der Waals surface area contributed by atoms with E-state index in [1.165, 1.54) is 68.9 Å². The van der Waals surface area contributed by atoms with E-state index in [1.54, 1.807) is 0 Å². The molecule has 9 aromatic carbocycles. The Labute approximate surface area is 329 Å². The topological polar surface area (TPSA) is 43.9 Å². The average molecular weight is 744 g/mol. The lowest BCUT2D eigenvalue weighted by Gasteiger charge is -2.12. The van der Waals surface area contributed by atoms with E-state index >= 15 is 0 Å². The molecule has 0 radical (unpaired) electrons. The maximum atomic E-state index is 6.55. The predicted molar refractivity (Wildman–Crippen MR) is 240 cm³/mol. The van der Waals surface area contributed by atoms with Crippen molar-refractivity contribution in [3.63, 3.8) is 0 Å². The van der Waals surface area contributed by atoms with Crippen molar-refractivity contribution in [1.29, 1.82) is 0 Å². The Morgan fingerprint density at radius 2 is 1.12 bits per heavy atom. The predicted octanol–water partition coefficient (Wildman–Crippen LogP) is 14.6. The third-order valence-corrected chi connectivity index (χ3v) is 13.0. The van der Waals surface area contributed by atoms with Crippen molar-refractivity contribution < 1.29 is 4.42 Å². The van der Waals surface area contributed by atoms with Gasteiger partial charge in [-0.05, 0) is 74.8 Å². The van der Waals surface area contributed by atoms with Crippen LogP contribution < -0.4 is 0 Å². The Hall–Kier alpha value is -7.34. The number of rotatable bonds is 3. The van der Waals surface area contributed by atoms with E-state index in [1.807, 2.05) is 29.5 Å². The standard InChI is InChI=1S/C52H29N3OS/c1-2-12-35-30(11-1)21-22-32-29-33(25-28-36(32)35)52-53-47(50-48(54-52)40-16-6-9-19-43(40)56-50)31-23-26-34(27-24-31)55-42-18-8-5-15-39(42)45-37-13-3-4-14-38(37)46-41-17-7-10-20-44(41)57-51(46)49(45)55/h1-29H. The number of benzene rings is 9. The van der Waals surface area contributed by atoms with Gasteiger partial charge in [-0.15, -0.1) is 11.3 Å². The lowest BCUT2D eigenvalue weighted by molar-refractivity contribution is 0.667. The molecule has 0 fully saturated rings. The van der Waals surface area contributed by atoms with Gasteiger partial charge in [-0.1, -0.05) is 133 Å². The van der Waals surface area contributed by atoms with E-state index < -0.39 is 0 Å². The molecule has 0 aliphatic heterocycles. The molecular weight excluding hydrogens is 715 g/mol. The Bertz CT molecular complexity index is 3810. The molecule has 0 aliphatic carbocycles. The molecule has 0 saturated heterocycles. The molecule has 0 spiro atoms. The van der Waals surface area contributed by atoms with Gasteiger partial charge < -0.3 is 8.98 Å². The second-order valence-corrected chi connectivity index (χ2v) is 15.9. The third-order valence-electron chi connectivity index (χ3n) is 11.8. The lowest BCUT2D eigenvalue weighted by atomic mass is 9.99. The molecule has 4 nitrogen and oxygen atoms in total. The van der Waals surface area contributed by atoms with Crippen LogP contribution in [0.1, 0.15) is 0 Å². The Balaban J connectivity index is 1.04. The van der Waals surface area contributed by atoms with Gasteiger partial charge in [0.25, 0.3) is 0 Å². The van der Waals surface area contributed by atoms with Gasteiger partial charge in [-0.25, -0.2) is 9.97 Å². The first kappa shape index (κ1) is 30.9. The minimum absolute atomic E-state index is 0.671. The lowest BCUT2D eigenvalue weighted by Crippen LogP contribution is -1.96. The fourth-order valence-corrected chi connectivity index (χ4v) is 10.5. The van der Waals surface area contributed by atoms with Crippen LogP contribution in [0.2, 0.25) is 0 Å². The zero-order chi connectivity index (χ0) is 37.2. The number of hydrogen-bond acceptors (Lipinski definition) is 4. The van der Waals surface area contributed by atoms with Crippen molar-refractivity contribution in [2.45, 2.75) is 0 Å². The summed E-state index contributed by atoms with van der Waals surface area (Å²) in [5, 5.41) is 13.6. The van der Waals surface area contributed by atoms with E-state index in [0.29, 0.717) is 11.4 Å². The zero-order valence-corrected chi connectivity index (χ0v) is 31.2. The molecule has 0 atom stereocenters. The van der Waals surface area contributed by atoms with E-state index in [0.717, 1.165) is 44.4 Å². The van der Waals surface area contributed by atoms with E-state index in [2.05, 4.69) is 162 Å². The van der Waals surface area contributed by atoms with Crippen molar-refractivity contribution in [2.75, 3.05) is 0 Å². The van der Waals surface area contributed by atoms with Crippen LogP contribution in [0.15, 0.2) is 180 Å². The number of para-hydroxylation sites is 2. The number of fused-ring (bicyclic) bond motifs is 16. The first-order chi connectivity index (χ1) is 28.3. The maximum Gasteiger partial charge on any atom is 0.180 e. The maximum absolute atomic E-state index is 6.55. The fourth-order valence-electron chi connectivity index (χ4n) is 9.23. The monoisotopic (exact) mass is 743 g/mol. The minimum atomic E-state index is 0.671. The normalized spacial score (nSPS) is 12.2. The van der Waals surface area contributed by atoms with Crippen LogP contribution in [0.4, 0.5) is 0 Å². The summed E-state index contributed by atoms with van der Waals surface area (Å²) < 4.78 is 11.6. The quantitative estimate of drug-likeness (QED) is 0.169. The largest absolute Gasteiger partial charge is 0.452 e. The highest BCUT2D eigenvalue weighted by Gasteiger charge is 2.23. The summed E-state index contributed by atoms with van der Waals surface area (Å²) in [6.07, 6.45) is 0. The third kappa shape index (κ3) is 4.37. The number of thiophene rings is 1. The Morgan fingerprint density at radius 3 is 1.98 bits per heavy atom. The van der Waals surface area contributed by atoms with Gasteiger partial charge in [0, 0.05) is 48.4 Å². The molecule has 0 bridgehead atoms. The summed E-state index contributed by atoms with van der Waals surface area (Å²) in [5.74, 6) is 0.671. The molecule has 57 heavy (non-hydrogen) atoms. The summed E-state index contributed by atoms with van der Waals surface area (Å²) in [4.78, 5) is 10.5. The Morgan fingerprint density at radius 1 is 0.474 bits per heavy atom. The smallest absolute Gasteiger partial charge is 0.180 e. The molecule has 4 aromatic heterocycles. The molecular formula is C52H29N3OS.